The van der Waals surface area contributed by atoms with Gasteiger partial charge < -0.3 is 14.9 Å². The van der Waals surface area contributed by atoms with E-state index in [4.69, 9.17) is 9.84 Å². The lowest BCUT2D eigenvalue weighted by molar-refractivity contribution is -0.137. The molecule has 0 radical (unpaired) electrons. The zero-order valence-electron chi connectivity index (χ0n) is 13.4. The fraction of sp³-hybridized carbons (Fsp3) is 0.158. The number of rotatable bonds is 4. The van der Waals surface area contributed by atoms with Gasteiger partial charge in [0, 0.05) is 33.9 Å². The summed E-state index contributed by atoms with van der Waals surface area (Å²) in [5.41, 5.74) is 1.07. The van der Waals surface area contributed by atoms with Gasteiger partial charge in [-0.3, -0.25) is 9.59 Å². The number of Topliss-reactive ketones (excluding diaryl/α,β-unsaturated/α-hetero) is 1. The van der Waals surface area contributed by atoms with Crippen LogP contribution in [0.4, 0.5) is 0 Å². The number of benzene rings is 2. The van der Waals surface area contributed by atoms with E-state index in [0.29, 0.717) is 16.3 Å². The van der Waals surface area contributed by atoms with Crippen LogP contribution in [0.3, 0.4) is 0 Å². The van der Waals surface area contributed by atoms with Crippen molar-refractivity contribution in [1.82, 2.24) is 0 Å². The van der Waals surface area contributed by atoms with E-state index in [1.54, 1.807) is 0 Å². The molecule has 0 spiro atoms. The smallest absolute Gasteiger partial charge is 0.346 e. The Balaban J connectivity index is 1.94. The van der Waals surface area contributed by atoms with Gasteiger partial charge in [-0.05, 0) is 37.1 Å². The Morgan fingerprint density at radius 1 is 0.885 bits per heavy atom. The van der Waals surface area contributed by atoms with Crippen molar-refractivity contribution in [3.63, 3.8) is 0 Å². The molecule has 0 fully saturated rings. The highest BCUT2D eigenvalue weighted by atomic mass is 16.6. The molecule has 2 aromatic rings. The first-order chi connectivity index (χ1) is 12.4. The zero-order chi connectivity index (χ0) is 18.6. The number of ketones is 1. The third-order valence-electron chi connectivity index (χ3n) is 4.66. The number of carboxylic acids is 1. The summed E-state index contributed by atoms with van der Waals surface area (Å²) in [4.78, 5) is 47.5. The van der Waals surface area contributed by atoms with Crippen LogP contribution in [0.2, 0.25) is 0 Å². The number of ether oxygens (including phenoxy) is 1. The van der Waals surface area contributed by atoms with Crippen LogP contribution in [0.5, 0.6) is 0 Å². The van der Waals surface area contributed by atoms with Crippen molar-refractivity contribution in [2.45, 2.75) is 19.3 Å². The van der Waals surface area contributed by atoms with Crippen LogP contribution in [0.25, 0.3) is 16.5 Å². The van der Waals surface area contributed by atoms with Gasteiger partial charge in [0.15, 0.2) is 5.78 Å². The number of cyclic esters (lactones) is 2. The Morgan fingerprint density at radius 3 is 2.04 bits per heavy atom. The fourth-order valence-electron chi connectivity index (χ4n) is 3.50. The maximum atomic E-state index is 12.8. The van der Waals surface area contributed by atoms with E-state index in [0.717, 1.165) is 0 Å². The van der Waals surface area contributed by atoms with Crippen molar-refractivity contribution in [2.75, 3.05) is 0 Å². The Bertz CT molecular complexity index is 1050. The van der Waals surface area contributed by atoms with Gasteiger partial charge in [0.2, 0.25) is 0 Å². The molecule has 0 saturated carbocycles. The molecule has 1 aliphatic heterocycles. The number of carboxylic acid groups (broad SMARTS) is 1. The maximum Gasteiger partial charge on any atom is 0.346 e. The first-order valence-corrected chi connectivity index (χ1v) is 7.95. The standard InChI is InChI=1S/C19H12O7/c20-13(21)3-1-2-12-16(22)8-4-6-10-15-11(19(25)26-18(10)24)7-5-9(14(8)15)17(12)23/h4-7,22H,1-3H2,(H,20,21). The molecule has 1 heterocycles. The highest BCUT2D eigenvalue weighted by molar-refractivity contribution is 6.30. The highest BCUT2D eigenvalue weighted by Gasteiger charge is 2.34. The van der Waals surface area contributed by atoms with Crippen molar-refractivity contribution >= 4 is 40.2 Å². The number of carbonyl (C=O) groups is 4. The first-order valence-electron chi connectivity index (χ1n) is 7.95. The van der Waals surface area contributed by atoms with Crippen LogP contribution in [0.15, 0.2) is 29.8 Å². The van der Waals surface area contributed by atoms with Crippen LogP contribution >= 0.6 is 0 Å². The number of allylic oxidation sites excluding steroid dienone is 1. The molecule has 4 rings (SSSR count). The number of aliphatic hydroxyl groups excluding tert-OH is 1. The van der Waals surface area contributed by atoms with Gasteiger partial charge in [-0.2, -0.15) is 0 Å². The summed E-state index contributed by atoms with van der Waals surface area (Å²) in [5.74, 6) is -3.26. The molecule has 0 amide bonds. The Labute approximate surface area is 146 Å². The molecule has 1 aliphatic carbocycles. The SMILES string of the molecule is O=C(O)CCCC1=C(O)c2ccc3c4c(ccc(c24)C1=O)C(=O)OC3=O. The molecule has 130 valence electrons. The Morgan fingerprint density at radius 2 is 1.42 bits per heavy atom. The summed E-state index contributed by atoms with van der Waals surface area (Å²) in [6.45, 7) is 0. The monoisotopic (exact) mass is 352 g/mol. The summed E-state index contributed by atoms with van der Waals surface area (Å²) in [7, 11) is 0. The average molecular weight is 352 g/mol. The second kappa shape index (κ2) is 5.52. The molecule has 2 N–H and O–H groups in total. The predicted molar refractivity (Wildman–Crippen MR) is 89.1 cm³/mol. The van der Waals surface area contributed by atoms with E-state index in [1.165, 1.54) is 24.3 Å². The molecule has 0 unspecified atom stereocenters. The van der Waals surface area contributed by atoms with Crippen molar-refractivity contribution in [2.24, 2.45) is 0 Å². The lowest BCUT2D eigenvalue weighted by Gasteiger charge is -2.23. The predicted octanol–water partition coefficient (Wildman–Crippen LogP) is 2.87. The van der Waals surface area contributed by atoms with Crippen LogP contribution in [-0.2, 0) is 9.53 Å². The molecular formula is C19H12O7. The summed E-state index contributed by atoms with van der Waals surface area (Å²) in [6, 6.07) is 5.84. The summed E-state index contributed by atoms with van der Waals surface area (Å²) in [6.07, 6.45) is 0.201. The van der Waals surface area contributed by atoms with Gasteiger partial charge in [-0.25, -0.2) is 9.59 Å². The number of hydrogen-bond acceptors (Lipinski definition) is 6. The molecule has 0 bridgehead atoms. The number of aliphatic carboxylic acids is 1. The van der Waals surface area contributed by atoms with Crippen LogP contribution in [-0.4, -0.2) is 33.9 Å². The fourth-order valence-corrected chi connectivity index (χ4v) is 3.50. The molecule has 2 aromatic carbocycles. The van der Waals surface area contributed by atoms with Gasteiger partial charge >= 0.3 is 17.9 Å². The number of esters is 2. The Kier molecular flexibility index (Phi) is 3.40. The largest absolute Gasteiger partial charge is 0.507 e. The van der Waals surface area contributed by atoms with Crippen molar-refractivity contribution in [3.05, 3.63) is 52.1 Å². The summed E-state index contributed by atoms with van der Waals surface area (Å²) < 4.78 is 4.69. The van der Waals surface area contributed by atoms with Crippen LogP contribution in [0.1, 0.15) is 55.9 Å². The van der Waals surface area contributed by atoms with E-state index in [-0.39, 0.29) is 47.3 Å². The van der Waals surface area contributed by atoms with E-state index in [2.05, 4.69) is 0 Å². The van der Waals surface area contributed by atoms with Gasteiger partial charge in [0.25, 0.3) is 0 Å². The topological polar surface area (TPSA) is 118 Å². The van der Waals surface area contributed by atoms with Gasteiger partial charge in [0.1, 0.15) is 5.76 Å². The molecule has 0 atom stereocenters. The number of hydrogen-bond donors (Lipinski definition) is 2. The Hall–Kier alpha value is -3.48. The van der Waals surface area contributed by atoms with E-state index < -0.39 is 23.7 Å². The van der Waals surface area contributed by atoms with Crippen molar-refractivity contribution in [3.8, 4) is 0 Å². The van der Waals surface area contributed by atoms with Crippen LogP contribution in [0, 0.1) is 0 Å². The van der Waals surface area contributed by atoms with Crippen LogP contribution < -0.4 is 0 Å². The van der Waals surface area contributed by atoms with E-state index in [9.17, 15) is 24.3 Å². The summed E-state index contributed by atoms with van der Waals surface area (Å²) >= 11 is 0. The second-order valence-corrected chi connectivity index (χ2v) is 6.15. The van der Waals surface area contributed by atoms with Crippen molar-refractivity contribution in [1.29, 1.82) is 0 Å². The minimum Gasteiger partial charge on any atom is -0.507 e. The lowest BCUT2D eigenvalue weighted by Crippen LogP contribution is -2.22. The van der Waals surface area contributed by atoms with Gasteiger partial charge in [0.05, 0.1) is 11.1 Å². The maximum absolute atomic E-state index is 12.8. The third kappa shape index (κ3) is 2.13. The minimum atomic E-state index is -0.982. The van der Waals surface area contributed by atoms with Crippen molar-refractivity contribution < 1.29 is 34.1 Å². The molecule has 2 aliphatic rings. The quantitative estimate of drug-likeness (QED) is 0.641. The van der Waals surface area contributed by atoms with E-state index >= 15 is 0 Å². The highest BCUT2D eigenvalue weighted by Crippen LogP contribution is 2.41. The van der Waals surface area contributed by atoms with E-state index in [1.807, 2.05) is 0 Å². The molecular weight excluding hydrogens is 340 g/mol. The molecule has 7 heteroatoms. The molecule has 0 aromatic heterocycles. The van der Waals surface area contributed by atoms with Gasteiger partial charge in [-0.1, -0.05) is 0 Å². The first kappa shape index (κ1) is 16.0. The second-order valence-electron chi connectivity index (χ2n) is 6.15. The molecule has 26 heavy (non-hydrogen) atoms. The van der Waals surface area contributed by atoms with Gasteiger partial charge in [-0.15, -0.1) is 0 Å². The lowest BCUT2D eigenvalue weighted by atomic mass is 9.81. The number of aliphatic hydroxyl groups is 1. The zero-order valence-corrected chi connectivity index (χ0v) is 13.4. The minimum absolute atomic E-state index is 0.113. The third-order valence-corrected chi connectivity index (χ3v) is 4.66. The molecule has 0 saturated heterocycles. The average Bonchev–Trinajstić information content (AvgIpc) is 2.60. The number of carbonyl (C=O) groups excluding carboxylic acids is 3. The molecule has 7 nitrogen and oxygen atoms in total. The summed E-state index contributed by atoms with van der Waals surface area (Å²) in [5, 5.41) is 20.0. The normalized spacial score (nSPS) is 15.5.